The SMILES string of the molecule is CCc1ccccc1NC(=O)CC1CCCCN1C. The standard InChI is InChI=1S/C16H24N2O/c1-3-13-8-4-5-10-15(13)17-16(19)12-14-9-6-7-11-18(14)2/h4-5,8,10,14H,3,6-7,9,11-12H2,1-2H3,(H,17,19). The van der Waals surface area contributed by atoms with Crippen LogP contribution in [0.5, 0.6) is 0 Å². The second kappa shape index (κ2) is 6.71. The maximum atomic E-state index is 12.2. The summed E-state index contributed by atoms with van der Waals surface area (Å²) in [5.41, 5.74) is 2.17. The highest BCUT2D eigenvalue weighted by Crippen LogP contribution is 2.20. The van der Waals surface area contributed by atoms with Crippen LogP contribution in [0.4, 0.5) is 5.69 Å². The fraction of sp³-hybridized carbons (Fsp3) is 0.562. The summed E-state index contributed by atoms with van der Waals surface area (Å²) in [7, 11) is 2.12. The third-order valence-corrected chi connectivity index (χ3v) is 4.01. The molecule has 1 amide bonds. The molecule has 1 atom stereocenters. The average Bonchev–Trinajstić information content (AvgIpc) is 2.42. The molecule has 1 aromatic carbocycles. The Balaban J connectivity index is 1.93. The quantitative estimate of drug-likeness (QED) is 0.902. The number of para-hydroxylation sites is 1. The fourth-order valence-electron chi connectivity index (χ4n) is 2.77. The van der Waals surface area contributed by atoms with E-state index >= 15 is 0 Å². The van der Waals surface area contributed by atoms with E-state index in [4.69, 9.17) is 0 Å². The highest BCUT2D eigenvalue weighted by Gasteiger charge is 2.21. The van der Waals surface area contributed by atoms with Gasteiger partial charge in [-0.15, -0.1) is 0 Å². The van der Waals surface area contributed by atoms with E-state index in [0.29, 0.717) is 12.5 Å². The first kappa shape index (κ1) is 14.1. The molecular formula is C16H24N2O. The number of hydrogen-bond donors (Lipinski definition) is 1. The maximum absolute atomic E-state index is 12.2. The molecular weight excluding hydrogens is 236 g/mol. The molecule has 1 aliphatic rings. The second-order valence-electron chi connectivity index (χ2n) is 5.39. The Hall–Kier alpha value is -1.35. The number of nitrogens with zero attached hydrogens (tertiary/aromatic N) is 1. The molecule has 3 heteroatoms. The zero-order valence-corrected chi connectivity index (χ0v) is 12.0. The maximum Gasteiger partial charge on any atom is 0.225 e. The van der Waals surface area contributed by atoms with E-state index < -0.39 is 0 Å². The van der Waals surface area contributed by atoms with Crippen LogP contribution < -0.4 is 5.32 Å². The summed E-state index contributed by atoms with van der Waals surface area (Å²) in [5.74, 6) is 0.139. The van der Waals surface area contributed by atoms with Gasteiger partial charge in [0.05, 0.1) is 0 Å². The van der Waals surface area contributed by atoms with E-state index in [1.165, 1.54) is 18.4 Å². The van der Waals surface area contributed by atoms with Gasteiger partial charge in [0, 0.05) is 18.2 Å². The Labute approximate surface area is 116 Å². The van der Waals surface area contributed by atoms with Gasteiger partial charge in [-0.1, -0.05) is 31.5 Å². The van der Waals surface area contributed by atoms with E-state index in [9.17, 15) is 4.79 Å². The zero-order valence-electron chi connectivity index (χ0n) is 12.0. The molecule has 0 spiro atoms. The Morgan fingerprint density at radius 3 is 2.89 bits per heavy atom. The van der Waals surface area contributed by atoms with Gasteiger partial charge in [0.2, 0.25) is 5.91 Å². The van der Waals surface area contributed by atoms with E-state index in [-0.39, 0.29) is 5.91 Å². The number of carbonyl (C=O) groups excluding carboxylic acids is 1. The minimum absolute atomic E-state index is 0.139. The monoisotopic (exact) mass is 260 g/mol. The largest absolute Gasteiger partial charge is 0.326 e. The molecule has 0 aromatic heterocycles. The summed E-state index contributed by atoms with van der Waals surface area (Å²) in [4.78, 5) is 14.5. The molecule has 0 aliphatic carbocycles. The van der Waals surface area contributed by atoms with Crippen molar-refractivity contribution in [2.24, 2.45) is 0 Å². The molecule has 19 heavy (non-hydrogen) atoms. The summed E-state index contributed by atoms with van der Waals surface area (Å²) in [6.45, 7) is 3.23. The first-order chi connectivity index (χ1) is 9.20. The minimum Gasteiger partial charge on any atom is -0.326 e. The summed E-state index contributed by atoms with van der Waals surface area (Å²) in [6, 6.07) is 8.46. The van der Waals surface area contributed by atoms with E-state index in [2.05, 4.69) is 30.3 Å². The van der Waals surface area contributed by atoms with Crippen LogP contribution in [0.2, 0.25) is 0 Å². The average molecular weight is 260 g/mol. The van der Waals surface area contributed by atoms with Crippen molar-refractivity contribution in [1.29, 1.82) is 0 Å². The van der Waals surface area contributed by atoms with Gasteiger partial charge in [-0.25, -0.2) is 0 Å². The molecule has 1 aliphatic heterocycles. The van der Waals surface area contributed by atoms with Crippen molar-refractivity contribution in [3.63, 3.8) is 0 Å². The number of likely N-dealkylation sites (tertiary alicyclic amines) is 1. The number of nitrogens with one attached hydrogen (secondary N) is 1. The van der Waals surface area contributed by atoms with E-state index in [0.717, 1.165) is 25.1 Å². The van der Waals surface area contributed by atoms with Crippen molar-refractivity contribution >= 4 is 11.6 Å². The lowest BCUT2D eigenvalue weighted by molar-refractivity contribution is -0.117. The normalized spacial score (nSPS) is 20.2. The zero-order chi connectivity index (χ0) is 13.7. The second-order valence-corrected chi connectivity index (χ2v) is 5.39. The topological polar surface area (TPSA) is 32.3 Å². The number of hydrogen-bond acceptors (Lipinski definition) is 2. The lowest BCUT2D eigenvalue weighted by Gasteiger charge is -2.32. The lowest BCUT2D eigenvalue weighted by Crippen LogP contribution is -2.38. The Kier molecular flexibility index (Phi) is 4.97. The van der Waals surface area contributed by atoms with Crippen LogP contribution in [0.3, 0.4) is 0 Å². The molecule has 1 N–H and O–H groups in total. The van der Waals surface area contributed by atoms with Crippen LogP contribution >= 0.6 is 0 Å². The minimum atomic E-state index is 0.139. The first-order valence-electron chi connectivity index (χ1n) is 7.28. The summed E-state index contributed by atoms with van der Waals surface area (Å²) in [6.07, 6.45) is 5.19. The lowest BCUT2D eigenvalue weighted by atomic mass is 9.99. The van der Waals surface area contributed by atoms with Gasteiger partial charge >= 0.3 is 0 Å². The number of anilines is 1. The van der Waals surface area contributed by atoms with Gasteiger partial charge < -0.3 is 10.2 Å². The molecule has 0 bridgehead atoms. The molecule has 3 nitrogen and oxygen atoms in total. The van der Waals surface area contributed by atoms with E-state index in [1.807, 2.05) is 18.2 Å². The van der Waals surface area contributed by atoms with Gasteiger partial charge in [-0.2, -0.15) is 0 Å². The molecule has 1 fully saturated rings. The van der Waals surface area contributed by atoms with Gasteiger partial charge in [0.15, 0.2) is 0 Å². The highest BCUT2D eigenvalue weighted by molar-refractivity contribution is 5.91. The molecule has 1 aromatic rings. The summed E-state index contributed by atoms with van der Waals surface area (Å²) >= 11 is 0. The molecule has 0 saturated carbocycles. The van der Waals surface area contributed by atoms with Crippen LogP contribution in [0.15, 0.2) is 24.3 Å². The number of aryl methyl sites for hydroxylation is 1. The van der Waals surface area contributed by atoms with Crippen molar-refractivity contribution in [2.45, 2.75) is 45.1 Å². The Morgan fingerprint density at radius 1 is 1.37 bits per heavy atom. The van der Waals surface area contributed by atoms with Crippen molar-refractivity contribution in [2.75, 3.05) is 18.9 Å². The van der Waals surface area contributed by atoms with Gasteiger partial charge in [-0.3, -0.25) is 4.79 Å². The number of piperidine rings is 1. The van der Waals surface area contributed by atoms with Gasteiger partial charge in [0.25, 0.3) is 0 Å². The number of rotatable bonds is 4. The smallest absolute Gasteiger partial charge is 0.225 e. The van der Waals surface area contributed by atoms with E-state index in [1.54, 1.807) is 0 Å². The van der Waals surface area contributed by atoms with Crippen LogP contribution in [0, 0.1) is 0 Å². The molecule has 2 rings (SSSR count). The van der Waals surface area contributed by atoms with Crippen LogP contribution in [0.25, 0.3) is 0 Å². The Morgan fingerprint density at radius 2 is 2.16 bits per heavy atom. The molecule has 1 heterocycles. The van der Waals surface area contributed by atoms with Crippen LogP contribution in [-0.4, -0.2) is 30.4 Å². The number of amides is 1. The number of carbonyl (C=O) groups is 1. The molecule has 104 valence electrons. The first-order valence-corrected chi connectivity index (χ1v) is 7.28. The van der Waals surface area contributed by atoms with Crippen LogP contribution in [0.1, 0.15) is 38.2 Å². The summed E-state index contributed by atoms with van der Waals surface area (Å²) < 4.78 is 0. The van der Waals surface area contributed by atoms with Crippen LogP contribution in [-0.2, 0) is 11.2 Å². The predicted octanol–water partition coefficient (Wildman–Crippen LogP) is 3.06. The molecule has 1 unspecified atom stereocenters. The third kappa shape index (κ3) is 3.80. The molecule has 0 radical (unpaired) electrons. The van der Waals surface area contributed by atoms with Crippen molar-refractivity contribution in [3.8, 4) is 0 Å². The third-order valence-electron chi connectivity index (χ3n) is 4.01. The predicted molar refractivity (Wildman–Crippen MR) is 79.3 cm³/mol. The van der Waals surface area contributed by atoms with Crippen molar-refractivity contribution in [1.82, 2.24) is 4.90 Å². The van der Waals surface area contributed by atoms with Gasteiger partial charge in [-0.05, 0) is 44.5 Å². The van der Waals surface area contributed by atoms with Crippen molar-refractivity contribution in [3.05, 3.63) is 29.8 Å². The Bertz CT molecular complexity index is 431. The van der Waals surface area contributed by atoms with Crippen molar-refractivity contribution < 1.29 is 4.79 Å². The fourth-order valence-corrected chi connectivity index (χ4v) is 2.77. The van der Waals surface area contributed by atoms with Gasteiger partial charge in [0.1, 0.15) is 0 Å². The number of benzene rings is 1. The molecule has 1 saturated heterocycles. The highest BCUT2D eigenvalue weighted by atomic mass is 16.1. The summed E-state index contributed by atoms with van der Waals surface area (Å²) in [5, 5.41) is 3.06.